The largest absolute Gasteiger partial charge is 0.317 e. The molecule has 4 heteroatoms. The Morgan fingerprint density at radius 2 is 2.36 bits per heavy atom. The number of aryl methyl sites for hydroxylation is 1. The fourth-order valence-electron chi connectivity index (χ4n) is 0.787. The van der Waals surface area contributed by atoms with Gasteiger partial charge in [-0.15, -0.1) is 0 Å². The molecule has 0 saturated heterocycles. The van der Waals surface area contributed by atoms with Gasteiger partial charge in [-0.05, 0) is 32.4 Å². The molecule has 1 aromatic heterocycles. The van der Waals surface area contributed by atoms with Crippen LogP contribution in [0.3, 0.4) is 0 Å². The molecule has 11 heavy (non-hydrogen) atoms. The quantitative estimate of drug-likeness (QED) is 0.737. The Balaban J connectivity index is 2.50. The van der Waals surface area contributed by atoms with E-state index in [1.807, 2.05) is 14.0 Å². The number of nitrogens with zero attached hydrogens (tertiary/aromatic N) is 2. The highest BCUT2D eigenvalue weighted by Gasteiger charge is 2.04. The first-order valence-corrected chi connectivity index (χ1v) is 4.46. The predicted molar refractivity (Wildman–Crippen MR) is 46.9 cm³/mol. The monoisotopic (exact) mass is 171 g/mol. The minimum atomic E-state index is 0.488. The summed E-state index contributed by atoms with van der Waals surface area (Å²) in [5.41, 5.74) is 0. The summed E-state index contributed by atoms with van der Waals surface area (Å²) in [7, 11) is 1.96. The lowest BCUT2D eigenvalue weighted by Gasteiger charge is -2.05. The SMILES string of the molecule is CNC(C)Cc1nc(C)ns1. The van der Waals surface area contributed by atoms with Gasteiger partial charge in [0.25, 0.3) is 0 Å². The van der Waals surface area contributed by atoms with Crippen LogP contribution < -0.4 is 5.32 Å². The third-order valence-electron chi connectivity index (χ3n) is 1.54. The van der Waals surface area contributed by atoms with E-state index in [1.165, 1.54) is 11.5 Å². The second kappa shape index (κ2) is 3.78. The van der Waals surface area contributed by atoms with Gasteiger partial charge in [-0.1, -0.05) is 0 Å². The van der Waals surface area contributed by atoms with Crippen molar-refractivity contribution in [1.82, 2.24) is 14.7 Å². The van der Waals surface area contributed by atoms with Crippen molar-refractivity contribution in [3.63, 3.8) is 0 Å². The molecule has 0 aliphatic rings. The van der Waals surface area contributed by atoms with Crippen LogP contribution in [-0.4, -0.2) is 22.4 Å². The topological polar surface area (TPSA) is 37.8 Å². The lowest BCUT2D eigenvalue weighted by atomic mass is 10.2. The van der Waals surface area contributed by atoms with Gasteiger partial charge in [0.1, 0.15) is 10.8 Å². The van der Waals surface area contributed by atoms with E-state index in [0.29, 0.717) is 6.04 Å². The van der Waals surface area contributed by atoms with Gasteiger partial charge >= 0.3 is 0 Å². The van der Waals surface area contributed by atoms with E-state index in [1.54, 1.807) is 0 Å². The Labute approximate surface area is 71.0 Å². The summed E-state index contributed by atoms with van der Waals surface area (Å²) < 4.78 is 4.11. The second-order valence-electron chi connectivity index (χ2n) is 2.63. The van der Waals surface area contributed by atoms with Gasteiger partial charge in [0.05, 0.1) is 0 Å². The molecule has 0 radical (unpaired) electrons. The first-order valence-electron chi connectivity index (χ1n) is 3.69. The minimum Gasteiger partial charge on any atom is -0.317 e. The summed E-state index contributed by atoms with van der Waals surface area (Å²) in [5, 5.41) is 4.28. The molecule has 1 heterocycles. The number of hydrogen-bond acceptors (Lipinski definition) is 4. The Kier molecular flexibility index (Phi) is 2.96. The van der Waals surface area contributed by atoms with E-state index in [2.05, 4.69) is 21.6 Å². The van der Waals surface area contributed by atoms with Crippen LogP contribution in [0.4, 0.5) is 0 Å². The zero-order valence-corrected chi connectivity index (χ0v) is 7.90. The van der Waals surface area contributed by atoms with Gasteiger partial charge in [0.2, 0.25) is 0 Å². The molecule has 0 aliphatic heterocycles. The summed E-state index contributed by atoms with van der Waals surface area (Å²) in [4.78, 5) is 4.27. The maximum Gasteiger partial charge on any atom is 0.139 e. The molecule has 0 fully saturated rings. The smallest absolute Gasteiger partial charge is 0.139 e. The van der Waals surface area contributed by atoms with Gasteiger partial charge in [-0.3, -0.25) is 0 Å². The van der Waals surface area contributed by atoms with Crippen molar-refractivity contribution in [2.75, 3.05) is 7.05 Å². The predicted octanol–water partition coefficient (Wildman–Crippen LogP) is 0.997. The lowest BCUT2D eigenvalue weighted by Crippen LogP contribution is -2.23. The maximum atomic E-state index is 4.27. The Morgan fingerprint density at radius 3 is 2.82 bits per heavy atom. The molecule has 1 N–H and O–H groups in total. The minimum absolute atomic E-state index is 0.488. The molecular formula is C7H13N3S. The van der Waals surface area contributed by atoms with Crippen molar-refractivity contribution in [2.24, 2.45) is 0 Å². The van der Waals surface area contributed by atoms with Crippen LogP contribution in [0.15, 0.2) is 0 Å². The Morgan fingerprint density at radius 1 is 1.64 bits per heavy atom. The Bertz CT molecular complexity index is 221. The first kappa shape index (κ1) is 8.62. The highest BCUT2D eigenvalue weighted by atomic mass is 32.1. The Hall–Kier alpha value is -0.480. The van der Waals surface area contributed by atoms with E-state index in [9.17, 15) is 0 Å². The third kappa shape index (κ3) is 2.55. The molecule has 1 atom stereocenters. The second-order valence-corrected chi connectivity index (χ2v) is 3.47. The average molecular weight is 171 g/mol. The van der Waals surface area contributed by atoms with Gasteiger partial charge in [-0.2, -0.15) is 4.37 Å². The van der Waals surface area contributed by atoms with Crippen LogP contribution in [0.5, 0.6) is 0 Å². The van der Waals surface area contributed by atoms with Crippen molar-refractivity contribution in [1.29, 1.82) is 0 Å². The number of likely N-dealkylation sites (N-methyl/N-ethyl adjacent to an activating group) is 1. The van der Waals surface area contributed by atoms with Crippen molar-refractivity contribution in [3.05, 3.63) is 10.8 Å². The summed E-state index contributed by atoms with van der Waals surface area (Å²) in [6, 6.07) is 0.488. The van der Waals surface area contributed by atoms with E-state index >= 15 is 0 Å². The van der Waals surface area contributed by atoms with Crippen LogP contribution >= 0.6 is 11.5 Å². The molecule has 0 aromatic carbocycles. The fourth-order valence-corrected chi connectivity index (χ4v) is 1.56. The number of nitrogens with one attached hydrogen (secondary N) is 1. The molecule has 3 nitrogen and oxygen atoms in total. The van der Waals surface area contributed by atoms with Gasteiger partial charge < -0.3 is 5.32 Å². The summed E-state index contributed by atoms with van der Waals surface area (Å²) in [5.74, 6) is 0.883. The van der Waals surface area contributed by atoms with E-state index < -0.39 is 0 Å². The van der Waals surface area contributed by atoms with Gasteiger partial charge in [0.15, 0.2) is 0 Å². The molecular weight excluding hydrogens is 158 g/mol. The zero-order chi connectivity index (χ0) is 8.27. The fraction of sp³-hybridized carbons (Fsp3) is 0.714. The highest BCUT2D eigenvalue weighted by molar-refractivity contribution is 7.05. The van der Waals surface area contributed by atoms with Gasteiger partial charge in [0, 0.05) is 12.5 Å². The van der Waals surface area contributed by atoms with Crippen molar-refractivity contribution in [3.8, 4) is 0 Å². The first-order chi connectivity index (χ1) is 5.22. The van der Waals surface area contributed by atoms with Crippen LogP contribution in [0.1, 0.15) is 17.8 Å². The van der Waals surface area contributed by atoms with E-state index in [0.717, 1.165) is 17.3 Å². The normalized spacial score (nSPS) is 13.4. The molecule has 1 unspecified atom stereocenters. The zero-order valence-electron chi connectivity index (χ0n) is 7.09. The number of hydrogen-bond donors (Lipinski definition) is 1. The van der Waals surface area contributed by atoms with Crippen LogP contribution in [0.2, 0.25) is 0 Å². The number of aromatic nitrogens is 2. The molecule has 0 bridgehead atoms. The summed E-state index contributed by atoms with van der Waals surface area (Å²) >= 11 is 1.49. The molecule has 0 spiro atoms. The molecule has 1 aromatic rings. The van der Waals surface area contributed by atoms with Crippen molar-refractivity contribution >= 4 is 11.5 Å². The van der Waals surface area contributed by atoms with Gasteiger partial charge in [-0.25, -0.2) is 4.98 Å². The molecule has 1 rings (SSSR count). The summed E-state index contributed by atoms with van der Waals surface area (Å²) in [6.45, 7) is 4.06. The molecule has 0 saturated carbocycles. The van der Waals surface area contributed by atoms with E-state index in [4.69, 9.17) is 0 Å². The standard InChI is InChI=1S/C7H13N3S/c1-5(8-3)4-7-9-6(2)10-11-7/h5,8H,4H2,1-3H3. The van der Waals surface area contributed by atoms with Crippen molar-refractivity contribution in [2.45, 2.75) is 26.3 Å². The molecule has 62 valence electrons. The third-order valence-corrected chi connectivity index (χ3v) is 2.37. The lowest BCUT2D eigenvalue weighted by molar-refractivity contribution is 0.606. The maximum absolute atomic E-state index is 4.27. The molecule has 0 amide bonds. The van der Waals surface area contributed by atoms with Crippen LogP contribution in [0, 0.1) is 6.92 Å². The highest BCUT2D eigenvalue weighted by Crippen LogP contribution is 2.06. The van der Waals surface area contributed by atoms with Crippen molar-refractivity contribution < 1.29 is 0 Å². The summed E-state index contributed by atoms with van der Waals surface area (Å²) in [6.07, 6.45) is 0.974. The molecule has 0 aliphatic carbocycles. The average Bonchev–Trinajstić information content (AvgIpc) is 2.35. The van der Waals surface area contributed by atoms with Crippen LogP contribution in [0.25, 0.3) is 0 Å². The van der Waals surface area contributed by atoms with Crippen LogP contribution in [-0.2, 0) is 6.42 Å². The number of rotatable bonds is 3. The van der Waals surface area contributed by atoms with E-state index in [-0.39, 0.29) is 0 Å².